The van der Waals surface area contributed by atoms with Crippen LogP contribution in [0.4, 0.5) is 0 Å². The van der Waals surface area contributed by atoms with Gasteiger partial charge < -0.3 is 15.0 Å². The number of thiophene rings is 1. The van der Waals surface area contributed by atoms with Crippen LogP contribution in [0.5, 0.6) is 0 Å². The van der Waals surface area contributed by atoms with Gasteiger partial charge in [-0.2, -0.15) is 0 Å². The van der Waals surface area contributed by atoms with Gasteiger partial charge in [0.1, 0.15) is 4.88 Å². The SMILES string of the molecule is Cc1ccsc1C(=O)OCC(=O)N(C)CC(=O)NC(C)(C)C. The number of rotatable bonds is 5. The van der Waals surface area contributed by atoms with Crippen molar-refractivity contribution >= 4 is 29.1 Å². The molecule has 6 nitrogen and oxygen atoms in total. The van der Waals surface area contributed by atoms with Crippen molar-refractivity contribution in [3.63, 3.8) is 0 Å². The van der Waals surface area contributed by atoms with Gasteiger partial charge in [0.15, 0.2) is 6.61 Å². The first-order valence-corrected chi connectivity index (χ1v) is 7.74. The molecule has 0 atom stereocenters. The number of ether oxygens (including phenoxy) is 1. The van der Waals surface area contributed by atoms with Crippen molar-refractivity contribution in [2.24, 2.45) is 0 Å². The van der Waals surface area contributed by atoms with E-state index in [0.29, 0.717) is 4.88 Å². The fourth-order valence-corrected chi connectivity index (χ4v) is 2.46. The molecule has 7 heteroatoms. The number of amides is 2. The third kappa shape index (κ3) is 5.85. The minimum atomic E-state index is -0.520. The molecule has 2 amide bonds. The van der Waals surface area contributed by atoms with E-state index in [2.05, 4.69) is 5.32 Å². The quantitative estimate of drug-likeness (QED) is 0.834. The molecule has 0 aromatic carbocycles. The molecule has 0 aliphatic rings. The minimum absolute atomic E-state index is 0.0777. The highest BCUT2D eigenvalue weighted by molar-refractivity contribution is 7.12. The summed E-state index contributed by atoms with van der Waals surface area (Å²) in [7, 11) is 1.49. The van der Waals surface area contributed by atoms with E-state index < -0.39 is 11.9 Å². The van der Waals surface area contributed by atoms with Crippen molar-refractivity contribution in [2.75, 3.05) is 20.2 Å². The van der Waals surface area contributed by atoms with E-state index in [1.807, 2.05) is 26.8 Å². The van der Waals surface area contributed by atoms with Crippen LogP contribution >= 0.6 is 11.3 Å². The van der Waals surface area contributed by atoms with Crippen LogP contribution < -0.4 is 5.32 Å². The number of hydrogen-bond acceptors (Lipinski definition) is 5. The summed E-state index contributed by atoms with van der Waals surface area (Å²) in [6.45, 7) is 6.92. The second kappa shape index (κ2) is 7.40. The van der Waals surface area contributed by atoms with Gasteiger partial charge in [0.25, 0.3) is 5.91 Å². The third-order valence-electron chi connectivity index (χ3n) is 2.70. The predicted molar refractivity (Wildman–Crippen MR) is 84.9 cm³/mol. The molecule has 1 rings (SSSR count). The van der Waals surface area contributed by atoms with E-state index in [-0.39, 0.29) is 24.6 Å². The molecule has 0 aliphatic heterocycles. The van der Waals surface area contributed by atoms with Gasteiger partial charge in [-0.1, -0.05) is 0 Å². The topological polar surface area (TPSA) is 75.7 Å². The van der Waals surface area contributed by atoms with Crippen LogP contribution in [0.25, 0.3) is 0 Å². The second-order valence-corrected chi connectivity index (χ2v) is 6.97. The highest BCUT2D eigenvalue weighted by Crippen LogP contribution is 2.16. The lowest BCUT2D eigenvalue weighted by atomic mass is 10.1. The van der Waals surface area contributed by atoms with Crippen molar-refractivity contribution in [3.8, 4) is 0 Å². The summed E-state index contributed by atoms with van der Waals surface area (Å²) in [5.74, 6) is -1.20. The van der Waals surface area contributed by atoms with Crippen molar-refractivity contribution < 1.29 is 19.1 Å². The fraction of sp³-hybridized carbons (Fsp3) is 0.533. The van der Waals surface area contributed by atoms with E-state index in [4.69, 9.17) is 4.74 Å². The van der Waals surface area contributed by atoms with Crippen molar-refractivity contribution in [3.05, 3.63) is 21.9 Å². The summed E-state index contributed by atoms with van der Waals surface area (Å²) in [5.41, 5.74) is 0.463. The van der Waals surface area contributed by atoms with Crippen molar-refractivity contribution in [2.45, 2.75) is 33.2 Å². The molecule has 0 saturated heterocycles. The maximum absolute atomic E-state index is 11.9. The number of carbonyl (C=O) groups excluding carboxylic acids is 3. The summed E-state index contributed by atoms with van der Waals surface area (Å²) < 4.78 is 4.98. The van der Waals surface area contributed by atoms with Crippen LogP contribution in [-0.2, 0) is 14.3 Å². The molecule has 22 heavy (non-hydrogen) atoms. The Morgan fingerprint density at radius 1 is 1.32 bits per heavy atom. The van der Waals surface area contributed by atoms with Gasteiger partial charge in [-0.3, -0.25) is 9.59 Å². The van der Waals surface area contributed by atoms with Gasteiger partial charge in [0, 0.05) is 12.6 Å². The molecule has 0 bridgehead atoms. The summed E-state index contributed by atoms with van der Waals surface area (Å²) in [6, 6.07) is 1.81. The fourth-order valence-electron chi connectivity index (χ4n) is 1.65. The van der Waals surface area contributed by atoms with E-state index in [1.54, 1.807) is 12.3 Å². The van der Waals surface area contributed by atoms with E-state index in [0.717, 1.165) is 5.56 Å². The number of hydrogen-bond donors (Lipinski definition) is 1. The second-order valence-electron chi connectivity index (χ2n) is 6.06. The first kappa shape index (κ1) is 18.2. The van der Waals surface area contributed by atoms with E-state index in [9.17, 15) is 14.4 Å². The molecule has 1 aromatic rings. The average molecular weight is 326 g/mol. The van der Waals surface area contributed by atoms with Crippen LogP contribution in [0, 0.1) is 6.92 Å². The monoisotopic (exact) mass is 326 g/mol. The van der Waals surface area contributed by atoms with Gasteiger partial charge in [-0.25, -0.2) is 4.79 Å². The zero-order valence-corrected chi connectivity index (χ0v) is 14.4. The van der Waals surface area contributed by atoms with Crippen LogP contribution in [-0.4, -0.2) is 48.4 Å². The maximum atomic E-state index is 11.9. The third-order valence-corrected chi connectivity index (χ3v) is 3.69. The molecular weight excluding hydrogens is 304 g/mol. The molecule has 0 saturated carbocycles. The lowest BCUT2D eigenvalue weighted by Gasteiger charge is -2.23. The highest BCUT2D eigenvalue weighted by Gasteiger charge is 2.19. The van der Waals surface area contributed by atoms with Crippen molar-refractivity contribution in [1.82, 2.24) is 10.2 Å². The smallest absolute Gasteiger partial charge is 0.349 e. The van der Waals surface area contributed by atoms with E-state index in [1.165, 1.54) is 23.3 Å². The van der Waals surface area contributed by atoms with E-state index >= 15 is 0 Å². The number of carbonyl (C=O) groups is 3. The zero-order valence-electron chi connectivity index (χ0n) is 13.6. The average Bonchev–Trinajstić information content (AvgIpc) is 2.79. The first-order chi connectivity index (χ1) is 10.1. The van der Waals surface area contributed by atoms with Gasteiger partial charge in [-0.05, 0) is 44.7 Å². The normalized spacial score (nSPS) is 11.0. The summed E-state index contributed by atoms with van der Waals surface area (Å²) in [5, 5.41) is 4.55. The van der Waals surface area contributed by atoms with Crippen LogP contribution in [0.3, 0.4) is 0 Å². The predicted octanol–water partition coefficient (Wildman–Crippen LogP) is 1.59. The Morgan fingerprint density at radius 3 is 2.45 bits per heavy atom. The Hall–Kier alpha value is -1.89. The summed E-state index contributed by atoms with van der Waals surface area (Å²) >= 11 is 1.27. The van der Waals surface area contributed by atoms with Crippen molar-refractivity contribution in [1.29, 1.82) is 0 Å². The molecule has 1 heterocycles. The molecular formula is C15H22N2O4S. The van der Waals surface area contributed by atoms with Crippen LogP contribution in [0.2, 0.25) is 0 Å². The minimum Gasteiger partial charge on any atom is -0.451 e. The number of nitrogens with zero attached hydrogens (tertiary/aromatic N) is 1. The van der Waals surface area contributed by atoms with Gasteiger partial charge >= 0.3 is 5.97 Å². The largest absolute Gasteiger partial charge is 0.451 e. The molecule has 0 spiro atoms. The Balaban J connectivity index is 2.43. The Morgan fingerprint density at radius 2 is 1.95 bits per heavy atom. The molecule has 0 unspecified atom stereocenters. The standard InChI is InChI=1S/C15H22N2O4S/c1-10-6-7-22-13(10)14(20)21-9-12(19)17(5)8-11(18)16-15(2,3)4/h6-7H,8-9H2,1-5H3,(H,16,18). The van der Waals surface area contributed by atoms with Gasteiger partial charge in [0.05, 0.1) is 6.54 Å². The molecule has 122 valence electrons. The number of nitrogens with one attached hydrogen (secondary N) is 1. The number of likely N-dealkylation sites (N-methyl/N-ethyl adjacent to an activating group) is 1. The Labute approximate surface area is 134 Å². The van der Waals surface area contributed by atoms with Gasteiger partial charge in [-0.15, -0.1) is 11.3 Å². The molecule has 1 aromatic heterocycles. The Kier molecular flexibility index (Phi) is 6.11. The Bertz CT molecular complexity index is 560. The lowest BCUT2D eigenvalue weighted by Crippen LogP contribution is -2.46. The lowest BCUT2D eigenvalue weighted by molar-refractivity contribution is -0.137. The maximum Gasteiger partial charge on any atom is 0.349 e. The van der Waals surface area contributed by atoms with Crippen LogP contribution in [0.1, 0.15) is 36.0 Å². The number of esters is 1. The summed E-state index contributed by atoms with van der Waals surface area (Å²) in [6.07, 6.45) is 0. The van der Waals surface area contributed by atoms with Gasteiger partial charge in [0.2, 0.25) is 5.91 Å². The summed E-state index contributed by atoms with van der Waals surface area (Å²) in [4.78, 5) is 37.1. The zero-order chi connectivity index (χ0) is 16.9. The molecule has 0 fully saturated rings. The molecule has 1 N–H and O–H groups in total. The molecule has 0 aliphatic carbocycles. The van der Waals surface area contributed by atoms with Crippen LogP contribution in [0.15, 0.2) is 11.4 Å². The highest BCUT2D eigenvalue weighted by atomic mass is 32.1. The first-order valence-electron chi connectivity index (χ1n) is 6.86. The molecule has 0 radical (unpaired) electrons. The number of aryl methyl sites for hydroxylation is 1.